The van der Waals surface area contributed by atoms with Gasteiger partial charge < -0.3 is 19.9 Å². The Balaban J connectivity index is 1.76. The average molecular weight is 224 g/mol. The van der Waals surface area contributed by atoms with E-state index in [4.69, 9.17) is 4.74 Å². The predicted molar refractivity (Wildman–Crippen MR) is 62.1 cm³/mol. The molecule has 0 saturated carbocycles. The van der Waals surface area contributed by atoms with E-state index in [1.807, 2.05) is 6.20 Å². The van der Waals surface area contributed by atoms with Crippen LogP contribution in [-0.4, -0.2) is 53.8 Å². The molecule has 1 aromatic rings. The lowest BCUT2D eigenvalue weighted by molar-refractivity contribution is -0.0356. The Morgan fingerprint density at radius 2 is 2.62 bits per heavy atom. The molecule has 0 radical (unpaired) electrons. The molecule has 0 aliphatic carbocycles. The van der Waals surface area contributed by atoms with Crippen LogP contribution in [0.15, 0.2) is 12.5 Å². The van der Waals surface area contributed by atoms with E-state index in [9.17, 15) is 0 Å². The Bertz CT molecular complexity index is 301. The van der Waals surface area contributed by atoms with Gasteiger partial charge in [0, 0.05) is 37.6 Å². The van der Waals surface area contributed by atoms with Gasteiger partial charge in [-0.3, -0.25) is 0 Å². The number of hydrogen-bond donors (Lipinski definition) is 2. The molecule has 1 aliphatic heterocycles. The summed E-state index contributed by atoms with van der Waals surface area (Å²) in [7, 11) is 2.14. The zero-order valence-electron chi connectivity index (χ0n) is 9.94. The molecule has 0 aromatic carbocycles. The first-order chi connectivity index (χ1) is 7.75. The van der Waals surface area contributed by atoms with Crippen molar-refractivity contribution in [2.75, 3.05) is 26.7 Å². The van der Waals surface area contributed by atoms with Crippen LogP contribution in [0, 0.1) is 0 Å². The van der Waals surface area contributed by atoms with Crippen LogP contribution in [0.1, 0.15) is 12.6 Å². The number of likely N-dealkylation sites (N-methyl/N-ethyl adjacent to an activating group) is 1. The Morgan fingerprint density at radius 3 is 3.31 bits per heavy atom. The molecule has 1 fully saturated rings. The number of imidazole rings is 1. The van der Waals surface area contributed by atoms with Crippen LogP contribution in [0.5, 0.6) is 0 Å². The summed E-state index contributed by atoms with van der Waals surface area (Å²) in [5, 5.41) is 3.45. The van der Waals surface area contributed by atoms with Gasteiger partial charge in [-0.2, -0.15) is 0 Å². The molecule has 2 heterocycles. The summed E-state index contributed by atoms with van der Waals surface area (Å²) in [6.07, 6.45) is 3.82. The molecular formula is C11H20N4O. The molecule has 0 bridgehead atoms. The monoisotopic (exact) mass is 224 g/mol. The normalized spacial score (nSPS) is 24.5. The quantitative estimate of drug-likeness (QED) is 0.768. The Morgan fingerprint density at radius 1 is 1.75 bits per heavy atom. The van der Waals surface area contributed by atoms with Gasteiger partial charge in [0.2, 0.25) is 0 Å². The van der Waals surface area contributed by atoms with Gasteiger partial charge in [-0.15, -0.1) is 0 Å². The van der Waals surface area contributed by atoms with Gasteiger partial charge in [-0.05, 0) is 14.0 Å². The van der Waals surface area contributed by atoms with Crippen LogP contribution in [0.25, 0.3) is 0 Å². The van der Waals surface area contributed by atoms with E-state index in [0.717, 1.165) is 31.9 Å². The molecule has 0 spiro atoms. The van der Waals surface area contributed by atoms with Crippen molar-refractivity contribution in [3.05, 3.63) is 18.2 Å². The molecule has 2 N–H and O–H groups in total. The van der Waals surface area contributed by atoms with E-state index in [1.54, 1.807) is 6.33 Å². The van der Waals surface area contributed by atoms with Crippen molar-refractivity contribution >= 4 is 0 Å². The van der Waals surface area contributed by atoms with E-state index >= 15 is 0 Å². The van der Waals surface area contributed by atoms with E-state index < -0.39 is 0 Å². The zero-order chi connectivity index (χ0) is 11.4. The van der Waals surface area contributed by atoms with E-state index in [-0.39, 0.29) is 6.10 Å². The summed E-state index contributed by atoms with van der Waals surface area (Å²) in [5.74, 6) is 0. The number of nitrogens with one attached hydrogen (secondary N) is 2. The van der Waals surface area contributed by atoms with E-state index in [1.165, 1.54) is 0 Å². The van der Waals surface area contributed by atoms with Crippen molar-refractivity contribution in [1.82, 2.24) is 20.2 Å². The standard InChI is InChI=1S/C11H20N4O/c1-9(11-7-15(2)3-4-16-11)13-6-10-5-12-8-14-10/h5,8-9,11,13H,3-4,6-7H2,1-2H3,(H,12,14). The molecule has 1 aromatic heterocycles. The first-order valence-corrected chi connectivity index (χ1v) is 5.76. The van der Waals surface area contributed by atoms with Crippen LogP contribution in [0.4, 0.5) is 0 Å². The number of H-pyrrole nitrogens is 1. The number of rotatable bonds is 4. The molecule has 90 valence electrons. The summed E-state index contributed by atoms with van der Waals surface area (Å²) in [5.41, 5.74) is 1.11. The van der Waals surface area contributed by atoms with Gasteiger partial charge in [0.15, 0.2) is 0 Å². The predicted octanol–water partition coefficient (Wildman–Crippen LogP) is 0.218. The number of ether oxygens (including phenoxy) is 1. The first-order valence-electron chi connectivity index (χ1n) is 5.76. The lowest BCUT2D eigenvalue weighted by Gasteiger charge is -2.34. The Labute approximate surface area is 96.2 Å². The minimum atomic E-state index is 0.279. The zero-order valence-corrected chi connectivity index (χ0v) is 9.94. The maximum atomic E-state index is 5.75. The fourth-order valence-electron chi connectivity index (χ4n) is 1.90. The second-order valence-corrected chi connectivity index (χ2v) is 4.42. The molecule has 16 heavy (non-hydrogen) atoms. The summed E-state index contributed by atoms with van der Waals surface area (Å²) in [6.45, 7) is 5.84. The highest BCUT2D eigenvalue weighted by atomic mass is 16.5. The Kier molecular flexibility index (Phi) is 3.93. The van der Waals surface area contributed by atoms with Gasteiger partial charge in [-0.1, -0.05) is 0 Å². The number of hydrogen-bond acceptors (Lipinski definition) is 4. The fourth-order valence-corrected chi connectivity index (χ4v) is 1.90. The molecule has 1 aliphatic rings. The number of morpholine rings is 1. The summed E-state index contributed by atoms with van der Waals surface area (Å²) in [6, 6.07) is 0.353. The van der Waals surface area contributed by atoms with Crippen LogP contribution in [0.3, 0.4) is 0 Å². The molecule has 0 amide bonds. The smallest absolute Gasteiger partial charge is 0.0922 e. The molecule has 2 unspecified atom stereocenters. The number of aromatic nitrogens is 2. The highest BCUT2D eigenvalue weighted by molar-refractivity contribution is 4.94. The lowest BCUT2D eigenvalue weighted by Crippen LogP contribution is -2.49. The van der Waals surface area contributed by atoms with Crippen molar-refractivity contribution < 1.29 is 4.74 Å². The highest BCUT2D eigenvalue weighted by Gasteiger charge is 2.23. The van der Waals surface area contributed by atoms with E-state index in [0.29, 0.717) is 6.04 Å². The first kappa shape index (κ1) is 11.6. The SMILES string of the molecule is CC(NCc1cnc[nH]1)C1CN(C)CCO1. The molecule has 2 rings (SSSR count). The minimum absolute atomic E-state index is 0.279. The van der Waals surface area contributed by atoms with Crippen LogP contribution in [0.2, 0.25) is 0 Å². The van der Waals surface area contributed by atoms with Gasteiger partial charge in [0.1, 0.15) is 0 Å². The summed E-state index contributed by atoms with van der Waals surface area (Å²) >= 11 is 0. The van der Waals surface area contributed by atoms with Crippen molar-refractivity contribution in [3.8, 4) is 0 Å². The number of aromatic amines is 1. The topological polar surface area (TPSA) is 53.2 Å². The molecule has 5 nitrogen and oxygen atoms in total. The second-order valence-electron chi connectivity index (χ2n) is 4.42. The second kappa shape index (κ2) is 5.43. The highest BCUT2D eigenvalue weighted by Crippen LogP contribution is 2.07. The molecule has 1 saturated heterocycles. The van der Waals surface area contributed by atoms with Crippen LogP contribution >= 0.6 is 0 Å². The van der Waals surface area contributed by atoms with E-state index in [2.05, 4.69) is 34.2 Å². The lowest BCUT2D eigenvalue weighted by atomic mass is 10.1. The van der Waals surface area contributed by atoms with Crippen LogP contribution < -0.4 is 5.32 Å². The largest absolute Gasteiger partial charge is 0.374 e. The third-order valence-corrected chi connectivity index (χ3v) is 3.02. The summed E-state index contributed by atoms with van der Waals surface area (Å²) in [4.78, 5) is 9.38. The Hall–Kier alpha value is -0.910. The molecule has 2 atom stereocenters. The van der Waals surface area contributed by atoms with Crippen molar-refractivity contribution in [3.63, 3.8) is 0 Å². The van der Waals surface area contributed by atoms with Crippen molar-refractivity contribution in [1.29, 1.82) is 0 Å². The van der Waals surface area contributed by atoms with Crippen LogP contribution in [-0.2, 0) is 11.3 Å². The van der Waals surface area contributed by atoms with Gasteiger partial charge in [-0.25, -0.2) is 4.98 Å². The van der Waals surface area contributed by atoms with Crippen molar-refractivity contribution in [2.24, 2.45) is 0 Å². The maximum absolute atomic E-state index is 5.75. The molecular weight excluding hydrogens is 204 g/mol. The summed E-state index contributed by atoms with van der Waals surface area (Å²) < 4.78 is 5.75. The minimum Gasteiger partial charge on any atom is -0.374 e. The van der Waals surface area contributed by atoms with Crippen molar-refractivity contribution in [2.45, 2.75) is 25.6 Å². The fraction of sp³-hybridized carbons (Fsp3) is 0.727. The van der Waals surface area contributed by atoms with Gasteiger partial charge >= 0.3 is 0 Å². The maximum Gasteiger partial charge on any atom is 0.0922 e. The third kappa shape index (κ3) is 3.04. The van der Waals surface area contributed by atoms with Gasteiger partial charge in [0.05, 0.1) is 19.0 Å². The van der Waals surface area contributed by atoms with Gasteiger partial charge in [0.25, 0.3) is 0 Å². The number of nitrogens with zero attached hydrogens (tertiary/aromatic N) is 2. The molecule has 5 heteroatoms. The third-order valence-electron chi connectivity index (χ3n) is 3.02. The average Bonchev–Trinajstić information content (AvgIpc) is 2.78.